The molecule has 5 rings (SSSR count). The fourth-order valence-electron chi connectivity index (χ4n) is 4.76. The highest BCUT2D eigenvalue weighted by Gasteiger charge is 2.30. The van der Waals surface area contributed by atoms with Crippen LogP contribution in [0.3, 0.4) is 0 Å². The summed E-state index contributed by atoms with van der Waals surface area (Å²) in [6.07, 6.45) is 3.70. The second-order valence-electron chi connectivity index (χ2n) is 8.51. The van der Waals surface area contributed by atoms with Crippen molar-refractivity contribution in [2.75, 3.05) is 19.6 Å². The number of fused-ring (bicyclic) bond motifs is 2. The molecule has 1 atom stereocenters. The fraction of sp³-hybridized carbons (Fsp3) is 0.346. The summed E-state index contributed by atoms with van der Waals surface area (Å²) in [5.74, 6) is 1.30. The zero-order valence-corrected chi connectivity index (χ0v) is 18.0. The third-order valence-corrected chi connectivity index (χ3v) is 6.50. The first-order valence-corrected chi connectivity index (χ1v) is 11.2. The highest BCUT2D eigenvalue weighted by atomic mass is 16.2. The average Bonchev–Trinajstić information content (AvgIpc) is 2.83. The maximum atomic E-state index is 13.3. The molecule has 0 saturated heterocycles. The summed E-state index contributed by atoms with van der Waals surface area (Å²) >= 11 is 0. The summed E-state index contributed by atoms with van der Waals surface area (Å²) in [7, 11) is 0. The van der Waals surface area contributed by atoms with Gasteiger partial charge in [-0.2, -0.15) is 0 Å². The van der Waals surface area contributed by atoms with Gasteiger partial charge in [0, 0.05) is 44.7 Å². The lowest BCUT2D eigenvalue weighted by Crippen LogP contribution is -2.45. The Hall–Kier alpha value is -3.05. The van der Waals surface area contributed by atoms with Gasteiger partial charge in [-0.05, 0) is 28.7 Å². The number of amides is 1. The Labute approximate surface area is 183 Å². The predicted molar refractivity (Wildman–Crippen MR) is 121 cm³/mol. The molecule has 3 heterocycles. The van der Waals surface area contributed by atoms with Gasteiger partial charge >= 0.3 is 0 Å². The molecule has 1 aromatic heterocycles. The van der Waals surface area contributed by atoms with Gasteiger partial charge in [0.05, 0.1) is 12.2 Å². The maximum absolute atomic E-state index is 13.3. The molecule has 0 saturated carbocycles. The molecule has 2 aliphatic heterocycles. The Morgan fingerprint density at radius 1 is 1.03 bits per heavy atom. The van der Waals surface area contributed by atoms with Crippen LogP contribution in [0.5, 0.6) is 0 Å². The van der Waals surface area contributed by atoms with Crippen LogP contribution in [-0.4, -0.2) is 45.3 Å². The van der Waals surface area contributed by atoms with E-state index < -0.39 is 0 Å². The minimum atomic E-state index is 0.198. The van der Waals surface area contributed by atoms with Crippen LogP contribution in [-0.2, 0) is 30.7 Å². The zero-order valence-electron chi connectivity index (χ0n) is 18.0. The van der Waals surface area contributed by atoms with Crippen molar-refractivity contribution in [3.8, 4) is 0 Å². The normalized spacial score (nSPS) is 18.4. The summed E-state index contributed by atoms with van der Waals surface area (Å²) in [4.78, 5) is 26.7. The molecule has 5 heteroatoms. The highest BCUT2D eigenvalue weighted by Crippen LogP contribution is 2.33. The van der Waals surface area contributed by atoms with Crippen molar-refractivity contribution in [1.29, 1.82) is 0 Å². The number of rotatable bonds is 4. The van der Waals surface area contributed by atoms with E-state index in [2.05, 4.69) is 65.3 Å². The molecule has 158 valence electrons. The number of carbonyl (C=O) groups excluding carboxylic acids is 1. The Bertz CT molecular complexity index is 1080. The van der Waals surface area contributed by atoms with Gasteiger partial charge in [0.25, 0.3) is 0 Å². The minimum Gasteiger partial charge on any atom is -0.336 e. The first kappa shape index (κ1) is 19.9. The van der Waals surface area contributed by atoms with Crippen LogP contribution >= 0.6 is 0 Å². The molecular weight excluding hydrogens is 384 g/mol. The number of aryl methyl sites for hydroxylation is 1. The molecule has 0 fully saturated rings. The van der Waals surface area contributed by atoms with Crippen molar-refractivity contribution < 1.29 is 4.79 Å². The van der Waals surface area contributed by atoms with Gasteiger partial charge in [-0.1, -0.05) is 61.5 Å². The monoisotopic (exact) mass is 412 g/mol. The number of benzene rings is 2. The minimum absolute atomic E-state index is 0.198. The molecule has 0 bridgehead atoms. The van der Waals surface area contributed by atoms with Gasteiger partial charge in [0.15, 0.2) is 0 Å². The third-order valence-electron chi connectivity index (χ3n) is 6.50. The van der Waals surface area contributed by atoms with Crippen LogP contribution in [0.15, 0.2) is 60.8 Å². The zero-order chi connectivity index (χ0) is 21.2. The molecule has 0 spiro atoms. The Morgan fingerprint density at radius 2 is 1.84 bits per heavy atom. The Kier molecular flexibility index (Phi) is 5.51. The van der Waals surface area contributed by atoms with Crippen LogP contribution in [0.2, 0.25) is 0 Å². The molecule has 0 radical (unpaired) electrons. The second kappa shape index (κ2) is 8.60. The van der Waals surface area contributed by atoms with Crippen LogP contribution in [0.25, 0.3) is 0 Å². The lowest BCUT2D eigenvalue weighted by Gasteiger charge is -2.37. The van der Waals surface area contributed by atoms with E-state index in [-0.39, 0.29) is 11.8 Å². The maximum Gasteiger partial charge on any atom is 0.237 e. The Balaban J connectivity index is 1.33. The lowest BCUT2D eigenvalue weighted by molar-refractivity contribution is -0.133. The lowest BCUT2D eigenvalue weighted by atomic mass is 9.84. The molecule has 2 aliphatic rings. The molecule has 5 nitrogen and oxygen atoms in total. The van der Waals surface area contributed by atoms with Crippen molar-refractivity contribution in [3.05, 3.63) is 94.6 Å². The third kappa shape index (κ3) is 4.10. The quantitative estimate of drug-likeness (QED) is 0.657. The van der Waals surface area contributed by atoms with E-state index >= 15 is 0 Å². The number of hydrogen-bond donors (Lipinski definition) is 0. The largest absolute Gasteiger partial charge is 0.336 e. The summed E-state index contributed by atoms with van der Waals surface area (Å²) in [6.45, 7) is 5.53. The summed E-state index contributed by atoms with van der Waals surface area (Å²) < 4.78 is 0. The standard InChI is InChI=1S/C26H28N4O/c1-2-25-27-14-20-12-13-29(17-24(20)28-25)18-26(31)30-15-21-10-6-7-11-22(21)23(16-30)19-8-4-3-5-9-19/h3-11,14,23H,2,12-13,15-18H2,1H3. The van der Waals surface area contributed by atoms with Crippen molar-refractivity contribution in [2.24, 2.45) is 0 Å². The number of hydrogen-bond acceptors (Lipinski definition) is 4. The van der Waals surface area contributed by atoms with Gasteiger partial charge in [0.1, 0.15) is 5.82 Å². The smallest absolute Gasteiger partial charge is 0.237 e. The van der Waals surface area contributed by atoms with Crippen molar-refractivity contribution in [3.63, 3.8) is 0 Å². The van der Waals surface area contributed by atoms with Crippen molar-refractivity contribution >= 4 is 5.91 Å². The molecular formula is C26H28N4O. The highest BCUT2D eigenvalue weighted by molar-refractivity contribution is 5.79. The number of nitrogens with zero attached hydrogens (tertiary/aromatic N) is 4. The van der Waals surface area contributed by atoms with E-state index in [0.717, 1.165) is 44.0 Å². The summed E-state index contributed by atoms with van der Waals surface area (Å²) in [5.41, 5.74) is 6.16. The summed E-state index contributed by atoms with van der Waals surface area (Å²) in [5, 5.41) is 0. The predicted octanol–water partition coefficient (Wildman–Crippen LogP) is 3.57. The first-order chi connectivity index (χ1) is 15.2. The van der Waals surface area contributed by atoms with Gasteiger partial charge in [-0.15, -0.1) is 0 Å². The molecule has 1 unspecified atom stereocenters. The van der Waals surface area contributed by atoms with Gasteiger partial charge in [-0.25, -0.2) is 9.97 Å². The molecule has 3 aromatic rings. The molecule has 0 N–H and O–H groups in total. The number of carbonyl (C=O) groups is 1. The topological polar surface area (TPSA) is 49.3 Å². The van der Waals surface area contributed by atoms with Gasteiger partial charge in [0.2, 0.25) is 5.91 Å². The summed E-state index contributed by atoms with van der Waals surface area (Å²) in [6, 6.07) is 19.1. The van der Waals surface area contributed by atoms with Gasteiger partial charge < -0.3 is 4.90 Å². The molecule has 2 aromatic carbocycles. The van der Waals surface area contributed by atoms with E-state index in [1.807, 2.05) is 17.2 Å². The Morgan fingerprint density at radius 3 is 2.68 bits per heavy atom. The van der Waals surface area contributed by atoms with E-state index in [4.69, 9.17) is 4.98 Å². The van der Waals surface area contributed by atoms with E-state index in [1.165, 1.54) is 22.3 Å². The second-order valence-corrected chi connectivity index (χ2v) is 8.51. The van der Waals surface area contributed by atoms with Crippen LogP contribution in [0.1, 0.15) is 46.6 Å². The molecule has 0 aliphatic carbocycles. The average molecular weight is 413 g/mol. The molecule has 31 heavy (non-hydrogen) atoms. The number of aromatic nitrogens is 2. The van der Waals surface area contributed by atoms with Crippen molar-refractivity contribution in [1.82, 2.24) is 19.8 Å². The van der Waals surface area contributed by atoms with E-state index in [9.17, 15) is 4.79 Å². The van der Waals surface area contributed by atoms with Crippen molar-refractivity contribution in [2.45, 2.75) is 38.8 Å². The van der Waals surface area contributed by atoms with Crippen LogP contribution < -0.4 is 0 Å². The van der Waals surface area contributed by atoms with E-state index in [1.54, 1.807) is 0 Å². The van der Waals surface area contributed by atoms with Crippen LogP contribution in [0.4, 0.5) is 0 Å². The fourth-order valence-corrected chi connectivity index (χ4v) is 4.76. The van der Waals surface area contributed by atoms with Gasteiger partial charge in [-0.3, -0.25) is 9.69 Å². The van der Waals surface area contributed by atoms with Crippen LogP contribution in [0, 0.1) is 0 Å². The molecule has 1 amide bonds. The van der Waals surface area contributed by atoms with E-state index in [0.29, 0.717) is 13.1 Å². The SMILES string of the molecule is CCc1ncc2c(n1)CN(CC(=O)N1Cc3ccccc3C(c3ccccc3)C1)CC2. The first-order valence-electron chi connectivity index (χ1n) is 11.2.